The summed E-state index contributed by atoms with van der Waals surface area (Å²) >= 11 is 0. The van der Waals surface area contributed by atoms with E-state index in [2.05, 4.69) is 24.9 Å². The van der Waals surface area contributed by atoms with Gasteiger partial charge in [-0.3, -0.25) is 9.10 Å². The molecule has 0 aromatic heterocycles. The van der Waals surface area contributed by atoms with Crippen LogP contribution in [0.5, 0.6) is 0 Å². The molecule has 0 saturated carbocycles. The van der Waals surface area contributed by atoms with Crippen LogP contribution in [0.3, 0.4) is 0 Å². The number of rotatable bonds is 4. The van der Waals surface area contributed by atoms with E-state index < -0.39 is 10.0 Å². The van der Waals surface area contributed by atoms with Gasteiger partial charge in [0, 0.05) is 36.8 Å². The molecule has 0 radical (unpaired) electrons. The zero-order chi connectivity index (χ0) is 24.0. The van der Waals surface area contributed by atoms with E-state index in [1.807, 2.05) is 23.1 Å². The maximum absolute atomic E-state index is 13.9. The summed E-state index contributed by atoms with van der Waals surface area (Å²) in [6.07, 6.45) is 0.884. The van der Waals surface area contributed by atoms with Crippen LogP contribution in [-0.2, 0) is 10.0 Å². The summed E-state index contributed by atoms with van der Waals surface area (Å²) in [6.45, 7) is 3.90. The van der Waals surface area contributed by atoms with Gasteiger partial charge in [-0.05, 0) is 68.9 Å². The Kier molecular flexibility index (Phi) is 5.70. The number of aryl methyl sites for hydroxylation is 1. The monoisotopic (exact) mass is 475 g/mol. The summed E-state index contributed by atoms with van der Waals surface area (Å²) in [5.41, 5.74) is 4.27. The number of hydrogen-bond acceptors (Lipinski definition) is 4. The molecule has 0 spiro atoms. The van der Waals surface area contributed by atoms with Gasteiger partial charge >= 0.3 is 0 Å². The smallest absolute Gasteiger partial charge is 0.264 e. The lowest BCUT2D eigenvalue weighted by atomic mass is 9.88. The van der Waals surface area contributed by atoms with Crippen LogP contribution in [0.15, 0.2) is 77.7 Å². The first-order chi connectivity index (χ1) is 16.3. The number of hydrogen-bond donors (Lipinski definition) is 0. The summed E-state index contributed by atoms with van der Waals surface area (Å²) in [5, 5.41) is 0. The van der Waals surface area contributed by atoms with Gasteiger partial charge in [-0.25, -0.2) is 8.42 Å². The number of sulfonamides is 1. The molecular weight excluding hydrogens is 446 g/mol. The van der Waals surface area contributed by atoms with Crippen LogP contribution in [0, 0.1) is 6.92 Å². The zero-order valence-corrected chi connectivity index (χ0v) is 20.5. The van der Waals surface area contributed by atoms with Crippen LogP contribution in [-0.4, -0.2) is 52.5 Å². The maximum atomic E-state index is 13.9. The van der Waals surface area contributed by atoms with Gasteiger partial charge in [0.1, 0.15) is 0 Å². The molecule has 0 N–H and O–H groups in total. The molecular formula is C27H29N3O3S. The molecule has 0 unspecified atom stereocenters. The number of anilines is 2. The van der Waals surface area contributed by atoms with Crippen LogP contribution in [0.4, 0.5) is 11.4 Å². The van der Waals surface area contributed by atoms with Crippen molar-refractivity contribution in [1.29, 1.82) is 0 Å². The SMILES string of the molecule is Cc1ccc2c(c1)[C@H]1CN(C)CC[C@@H]1N2C(=O)c1cccc(S(=O)(=O)N(C)c2ccccc2)c1. The number of carbonyl (C=O) groups is 1. The molecule has 5 rings (SSSR count). The molecule has 2 heterocycles. The second kappa shape index (κ2) is 8.56. The third kappa shape index (κ3) is 3.79. The first kappa shape index (κ1) is 22.6. The second-order valence-electron chi connectivity index (χ2n) is 9.30. The molecule has 0 bridgehead atoms. The van der Waals surface area contributed by atoms with E-state index in [9.17, 15) is 13.2 Å². The van der Waals surface area contributed by atoms with Crippen LogP contribution in [0.2, 0.25) is 0 Å². The molecule has 0 aliphatic carbocycles. The Balaban J connectivity index is 1.51. The normalized spacial score (nSPS) is 20.0. The van der Waals surface area contributed by atoms with E-state index in [4.69, 9.17) is 0 Å². The van der Waals surface area contributed by atoms with Gasteiger partial charge in [0.25, 0.3) is 15.9 Å². The molecule has 7 heteroatoms. The summed E-state index contributed by atoms with van der Waals surface area (Å²) in [5.74, 6) is 0.107. The highest BCUT2D eigenvalue weighted by atomic mass is 32.2. The van der Waals surface area contributed by atoms with Crippen molar-refractivity contribution in [3.05, 3.63) is 89.5 Å². The van der Waals surface area contributed by atoms with E-state index in [0.717, 1.165) is 25.2 Å². The molecule has 3 aromatic rings. The van der Waals surface area contributed by atoms with Crippen LogP contribution in [0.1, 0.15) is 33.8 Å². The highest BCUT2D eigenvalue weighted by Gasteiger charge is 2.44. The van der Waals surface area contributed by atoms with Crippen molar-refractivity contribution in [2.24, 2.45) is 0 Å². The van der Waals surface area contributed by atoms with Crippen molar-refractivity contribution in [3.63, 3.8) is 0 Å². The third-order valence-corrected chi connectivity index (χ3v) is 8.81. The molecule has 2 aliphatic heterocycles. The Morgan fingerprint density at radius 3 is 2.53 bits per heavy atom. The molecule has 3 aromatic carbocycles. The van der Waals surface area contributed by atoms with Gasteiger partial charge in [0.15, 0.2) is 0 Å². The number of benzene rings is 3. The Morgan fingerprint density at radius 1 is 1.00 bits per heavy atom. The van der Waals surface area contributed by atoms with E-state index in [1.165, 1.54) is 28.5 Å². The number of carbonyl (C=O) groups excluding carboxylic acids is 1. The number of fused-ring (bicyclic) bond motifs is 3. The zero-order valence-electron chi connectivity index (χ0n) is 19.7. The largest absolute Gasteiger partial charge is 0.306 e. The van der Waals surface area contributed by atoms with E-state index >= 15 is 0 Å². The van der Waals surface area contributed by atoms with Gasteiger partial charge < -0.3 is 9.80 Å². The predicted octanol–water partition coefficient (Wildman–Crippen LogP) is 4.27. The van der Waals surface area contributed by atoms with Crippen LogP contribution >= 0.6 is 0 Å². The lowest BCUT2D eigenvalue weighted by molar-refractivity contribution is 0.0964. The molecule has 2 aliphatic rings. The van der Waals surface area contributed by atoms with Crippen molar-refractivity contribution in [3.8, 4) is 0 Å². The van der Waals surface area contributed by atoms with E-state index in [-0.39, 0.29) is 22.8 Å². The fourth-order valence-electron chi connectivity index (χ4n) is 5.21. The molecule has 176 valence electrons. The van der Waals surface area contributed by atoms with Crippen molar-refractivity contribution in [1.82, 2.24) is 4.90 Å². The van der Waals surface area contributed by atoms with Gasteiger partial charge in [-0.15, -0.1) is 0 Å². The van der Waals surface area contributed by atoms with Gasteiger partial charge in [0.05, 0.1) is 10.6 Å². The molecule has 34 heavy (non-hydrogen) atoms. The minimum absolute atomic E-state index is 0.0766. The fraction of sp³-hybridized carbons (Fsp3) is 0.296. The minimum atomic E-state index is -3.81. The molecule has 1 amide bonds. The summed E-state index contributed by atoms with van der Waals surface area (Å²) in [7, 11) is -0.165. The number of likely N-dealkylation sites (tertiary alicyclic amines) is 1. The fourth-order valence-corrected chi connectivity index (χ4v) is 6.45. The summed E-state index contributed by atoms with van der Waals surface area (Å²) < 4.78 is 27.9. The molecule has 6 nitrogen and oxygen atoms in total. The third-order valence-electron chi connectivity index (χ3n) is 7.03. The Labute approximate surface area is 201 Å². The minimum Gasteiger partial charge on any atom is -0.306 e. The van der Waals surface area contributed by atoms with Crippen LogP contribution < -0.4 is 9.21 Å². The Hall–Kier alpha value is -3.16. The lowest BCUT2D eigenvalue weighted by Crippen LogP contribution is -2.47. The van der Waals surface area contributed by atoms with Crippen LogP contribution in [0.25, 0.3) is 0 Å². The predicted molar refractivity (Wildman–Crippen MR) is 135 cm³/mol. The lowest BCUT2D eigenvalue weighted by Gasteiger charge is -2.36. The van der Waals surface area contributed by atoms with E-state index in [1.54, 1.807) is 42.5 Å². The number of piperidine rings is 1. The van der Waals surface area contributed by atoms with Gasteiger partial charge in [0.2, 0.25) is 0 Å². The highest BCUT2D eigenvalue weighted by Crippen LogP contribution is 2.45. The first-order valence-electron chi connectivity index (χ1n) is 11.5. The number of likely N-dealkylation sites (N-methyl/N-ethyl adjacent to an activating group) is 1. The summed E-state index contributed by atoms with van der Waals surface area (Å²) in [6, 6.07) is 21.7. The highest BCUT2D eigenvalue weighted by molar-refractivity contribution is 7.92. The standard InChI is InChI=1S/C27H29N3O3S/c1-19-12-13-25-23(16-19)24-18-28(2)15-14-26(24)30(25)27(31)20-8-7-11-22(17-20)34(32,33)29(3)21-9-5-4-6-10-21/h4-13,16-17,24,26H,14-15,18H2,1-3H3/t24-,26+/m1/s1. The van der Waals surface area contributed by atoms with Crippen molar-refractivity contribution in [2.45, 2.75) is 30.2 Å². The molecule has 2 atom stereocenters. The number of para-hydroxylation sites is 1. The average Bonchev–Trinajstić information content (AvgIpc) is 3.16. The average molecular weight is 476 g/mol. The van der Waals surface area contributed by atoms with Crippen molar-refractivity contribution < 1.29 is 13.2 Å². The topological polar surface area (TPSA) is 60.9 Å². The maximum Gasteiger partial charge on any atom is 0.264 e. The van der Waals surface area contributed by atoms with Crippen molar-refractivity contribution in [2.75, 3.05) is 36.4 Å². The number of nitrogens with zero attached hydrogens (tertiary/aromatic N) is 3. The quantitative estimate of drug-likeness (QED) is 0.566. The Morgan fingerprint density at radius 2 is 1.76 bits per heavy atom. The number of amides is 1. The van der Waals surface area contributed by atoms with Crippen molar-refractivity contribution >= 4 is 27.3 Å². The summed E-state index contributed by atoms with van der Waals surface area (Å²) in [4.78, 5) is 18.2. The first-order valence-corrected chi connectivity index (χ1v) is 13.0. The molecule has 1 saturated heterocycles. The Bertz CT molecular complexity index is 1340. The second-order valence-corrected chi connectivity index (χ2v) is 11.3. The molecule has 1 fully saturated rings. The van der Waals surface area contributed by atoms with Gasteiger partial charge in [-0.1, -0.05) is 42.0 Å². The van der Waals surface area contributed by atoms with Gasteiger partial charge in [-0.2, -0.15) is 0 Å². The van der Waals surface area contributed by atoms with E-state index in [0.29, 0.717) is 11.3 Å².